The van der Waals surface area contributed by atoms with Crippen LogP contribution in [0.1, 0.15) is 20.7 Å². The Morgan fingerprint density at radius 1 is 0.967 bits per heavy atom. The van der Waals surface area contributed by atoms with Crippen molar-refractivity contribution in [3.63, 3.8) is 0 Å². The number of hydrogen-bond donors (Lipinski definition) is 3. The maximum atomic E-state index is 12.7. The SMILES string of the molecule is O=C(Nc1ccccc1C(=O)N=Nc1c(O)[nH]c2ccc(Br)cc12)c1ccccc1. The van der Waals surface area contributed by atoms with E-state index in [1.807, 2.05) is 12.1 Å². The number of carbonyl (C=O) groups excluding carboxylic acids is 2. The monoisotopic (exact) mass is 462 g/mol. The fraction of sp³-hybridized carbons (Fsp3) is 0. The fourth-order valence-corrected chi connectivity index (χ4v) is 3.31. The lowest BCUT2D eigenvalue weighted by molar-refractivity contribution is 0.0996. The lowest BCUT2D eigenvalue weighted by Crippen LogP contribution is -2.14. The summed E-state index contributed by atoms with van der Waals surface area (Å²) in [5.74, 6) is -1.18. The number of benzene rings is 3. The summed E-state index contributed by atoms with van der Waals surface area (Å²) in [7, 11) is 0. The molecular formula is C22H15BrN4O3. The Kier molecular flexibility index (Phi) is 5.40. The molecule has 0 aliphatic carbocycles. The van der Waals surface area contributed by atoms with E-state index in [2.05, 4.69) is 36.5 Å². The first-order valence-electron chi connectivity index (χ1n) is 8.94. The van der Waals surface area contributed by atoms with Crippen LogP contribution in [-0.4, -0.2) is 21.9 Å². The van der Waals surface area contributed by atoms with Crippen LogP contribution in [0, 0.1) is 0 Å². The number of aromatic nitrogens is 1. The van der Waals surface area contributed by atoms with E-state index in [-0.39, 0.29) is 23.0 Å². The minimum Gasteiger partial charge on any atom is -0.493 e. The molecule has 3 aromatic carbocycles. The van der Waals surface area contributed by atoms with Crippen LogP contribution in [0.5, 0.6) is 5.88 Å². The normalized spacial score (nSPS) is 11.1. The Morgan fingerprint density at radius 2 is 1.70 bits per heavy atom. The van der Waals surface area contributed by atoms with Gasteiger partial charge in [-0.1, -0.05) is 46.3 Å². The van der Waals surface area contributed by atoms with Crippen molar-refractivity contribution in [2.75, 3.05) is 5.32 Å². The maximum Gasteiger partial charge on any atom is 0.297 e. The Balaban J connectivity index is 1.61. The van der Waals surface area contributed by atoms with Gasteiger partial charge in [0.05, 0.1) is 16.8 Å². The Bertz CT molecular complexity index is 1280. The molecule has 0 unspecified atom stereocenters. The number of H-pyrrole nitrogens is 1. The lowest BCUT2D eigenvalue weighted by atomic mass is 10.1. The summed E-state index contributed by atoms with van der Waals surface area (Å²) in [5.41, 5.74) is 1.79. The number of aromatic hydroxyl groups is 1. The van der Waals surface area contributed by atoms with Crippen LogP contribution in [0.15, 0.2) is 87.5 Å². The van der Waals surface area contributed by atoms with Gasteiger partial charge >= 0.3 is 0 Å². The first kappa shape index (κ1) is 19.5. The van der Waals surface area contributed by atoms with Crippen molar-refractivity contribution in [1.82, 2.24) is 4.98 Å². The number of anilines is 1. The second-order valence-electron chi connectivity index (χ2n) is 6.38. The zero-order chi connectivity index (χ0) is 21.1. The van der Waals surface area contributed by atoms with Gasteiger partial charge < -0.3 is 15.4 Å². The molecule has 0 spiro atoms. The number of rotatable bonds is 4. The van der Waals surface area contributed by atoms with Gasteiger partial charge in [0.25, 0.3) is 11.8 Å². The molecule has 7 nitrogen and oxygen atoms in total. The van der Waals surface area contributed by atoms with Crippen molar-refractivity contribution < 1.29 is 14.7 Å². The quantitative estimate of drug-likeness (QED) is 0.333. The average molecular weight is 463 g/mol. The standard InChI is InChI=1S/C22H15BrN4O3/c23-14-10-11-18-16(12-14)19(22(30)25-18)26-27-21(29)15-8-4-5-9-17(15)24-20(28)13-6-2-1-3-7-13/h1-12,25,30H,(H,24,28). The van der Waals surface area contributed by atoms with Gasteiger partial charge in [-0.25, -0.2) is 0 Å². The van der Waals surface area contributed by atoms with Gasteiger partial charge in [0.15, 0.2) is 5.69 Å². The number of amides is 2. The van der Waals surface area contributed by atoms with Gasteiger partial charge in [-0.15, -0.1) is 10.2 Å². The zero-order valence-electron chi connectivity index (χ0n) is 15.5. The molecule has 0 aliphatic rings. The Morgan fingerprint density at radius 3 is 2.50 bits per heavy atom. The summed E-state index contributed by atoms with van der Waals surface area (Å²) in [6.07, 6.45) is 0. The van der Waals surface area contributed by atoms with E-state index in [0.717, 1.165) is 4.47 Å². The van der Waals surface area contributed by atoms with Crippen LogP contribution in [0.3, 0.4) is 0 Å². The molecule has 0 atom stereocenters. The topological polar surface area (TPSA) is 107 Å². The molecule has 1 aromatic heterocycles. The van der Waals surface area contributed by atoms with Crippen molar-refractivity contribution in [3.8, 4) is 5.88 Å². The van der Waals surface area contributed by atoms with Crippen LogP contribution in [0.25, 0.3) is 10.9 Å². The van der Waals surface area contributed by atoms with E-state index in [0.29, 0.717) is 22.2 Å². The molecule has 148 valence electrons. The van der Waals surface area contributed by atoms with Crippen LogP contribution in [0.2, 0.25) is 0 Å². The number of nitrogens with zero attached hydrogens (tertiary/aromatic N) is 2. The minimum atomic E-state index is -0.650. The molecule has 0 fully saturated rings. The summed E-state index contributed by atoms with van der Waals surface area (Å²) in [5, 5.41) is 21.2. The summed E-state index contributed by atoms with van der Waals surface area (Å²) in [6.45, 7) is 0. The molecule has 0 saturated heterocycles. The molecule has 1 heterocycles. The fourth-order valence-electron chi connectivity index (χ4n) is 2.95. The number of azo groups is 1. The number of halogens is 1. The number of nitrogens with one attached hydrogen (secondary N) is 2. The molecule has 4 aromatic rings. The van der Waals surface area contributed by atoms with E-state index in [1.54, 1.807) is 60.7 Å². The van der Waals surface area contributed by atoms with Crippen LogP contribution in [0.4, 0.5) is 11.4 Å². The Labute approximate surface area is 179 Å². The van der Waals surface area contributed by atoms with Gasteiger partial charge in [0.1, 0.15) is 0 Å². The van der Waals surface area contributed by atoms with Gasteiger partial charge in [-0.2, -0.15) is 0 Å². The third kappa shape index (κ3) is 3.99. The number of fused-ring (bicyclic) bond motifs is 1. The largest absolute Gasteiger partial charge is 0.493 e. The predicted molar refractivity (Wildman–Crippen MR) is 117 cm³/mol. The molecule has 0 bridgehead atoms. The van der Waals surface area contributed by atoms with E-state index in [4.69, 9.17) is 0 Å². The maximum absolute atomic E-state index is 12.7. The number of hydrogen-bond acceptors (Lipinski definition) is 4. The second-order valence-corrected chi connectivity index (χ2v) is 7.30. The molecule has 2 amide bonds. The minimum absolute atomic E-state index is 0.158. The molecule has 30 heavy (non-hydrogen) atoms. The van der Waals surface area contributed by atoms with Crippen LogP contribution in [-0.2, 0) is 0 Å². The van der Waals surface area contributed by atoms with Crippen molar-refractivity contribution >= 4 is 50.0 Å². The summed E-state index contributed by atoms with van der Waals surface area (Å²) >= 11 is 3.37. The summed E-state index contributed by atoms with van der Waals surface area (Å²) < 4.78 is 0.797. The van der Waals surface area contributed by atoms with Crippen molar-refractivity contribution in [2.45, 2.75) is 0 Å². The van der Waals surface area contributed by atoms with Gasteiger partial charge in [-0.05, 0) is 42.5 Å². The molecular weight excluding hydrogens is 448 g/mol. The lowest BCUT2D eigenvalue weighted by Gasteiger charge is -2.08. The van der Waals surface area contributed by atoms with Crippen LogP contribution < -0.4 is 5.32 Å². The molecule has 0 aliphatic heterocycles. The summed E-state index contributed by atoms with van der Waals surface area (Å²) in [6, 6.07) is 20.6. The van der Waals surface area contributed by atoms with Gasteiger partial charge in [0, 0.05) is 15.4 Å². The number of para-hydroxylation sites is 1. The van der Waals surface area contributed by atoms with Crippen molar-refractivity contribution in [1.29, 1.82) is 0 Å². The highest BCUT2D eigenvalue weighted by Crippen LogP contribution is 2.37. The average Bonchev–Trinajstić information content (AvgIpc) is 3.07. The highest BCUT2D eigenvalue weighted by Gasteiger charge is 2.15. The van der Waals surface area contributed by atoms with E-state index in [1.165, 1.54) is 0 Å². The van der Waals surface area contributed by atoms with Crippen molar-refractivity contribution in [2.24, 2.45) is 10.2 Å². The zero-order valence-corrected chi connectivity index (χ0v) is 17.1. The molecule has 8 heteroatoms. The van der Waals surface area contributed by atoms with Gasteiger partial charge in [0.2, 0.25) is 5.88 Å². The van der Waals surface area contributed by atoms with E-state index >= 15 is 0 Å². The van der Waals surface area contributed by atoms with Gasteiger partial charge in [-0.3, -0.25) is 9.59 Å². The number of aromatic amines is 1. The van der Waals surface area contributed by atoms with E-state index in [9.17, 15) is 14.7 Å². The second kappa shape index (κ2) is 8.30. The smallest absolute Gasteiger partial charge is 0.297 e. The highest BCUT2D eigenvalue weighted by atomic mass is 79.9. The third-order valence-corrected chi connectivity index (χ3v) is 4.89. The number of carbonyl (C=O) groups is 2. The van der Waals surface area contributed by atoms with Crippen molar-refractivity contribution in [3.05, 3.63) is 88.4 Å². The highest BCUT2D eigenvalue weighted by molar-refractivity contribution is 9.10. The van der Waals surface area contributed by atoms with E-state index < -0.39 is 5.91 Å². The third-order valence-electron chi connectivity index (χ3n) is 4.40. The predicted octanol–water partition coefficient (Wildman–Crippen LogP) is 5.81. The molecule has 3 N–H and O–H groups in total. The Hall–Kier alpha value is -3.78. The first-order chi connectivity index (χ1) is 14.5. The van der Waals surface area contributed by atoms with Crippen LogP contribution >= 0.6 is 15.9 Å². The molecule has 4 rings (SSSR count). The molecule has 0 radical (unpaired) electrons. The molecule has 0 saturated carbocycles. The first-order valence-corrected chi connectivity index (χ1v) is 9.74. The summed E-state index contributed by atoms with van der Waals surface area (Å²) in [4.78, 5) is 27.9.